The number of aromatic nitrogens is 2. The second-order valence-electron chi connectivity index (χ2n) is 1.87. The third kappa shape index (κ3) is 1.18. The number of H-pyrrole nitrogens is 1. The van der Waals surface area contributed by atoms with Crippen molar-refractivity contribution in [3.8, 4) is 0 Å². The quantitative estimate of drug-likeness (QED) is 0.643. The van der Waals surface area contributed by atoms with Crippen molar-refractivity contribution in [2.45, 2.75) is 6.92 Å². The third-order valence-electron chi connectivity index (χ3n) is 1.06. The lowest BCUT2D eigenvalue weighted by molar-refractivity contribution is 1.05. The maximum absolute atomic E-state index is 10.7. The smallest absolute Gasteiger partial charge is 0.290 e. The summed E-state index contributed by atoms with van der Waals surface area (Å²) in [6, 6.07) is 0. The number of rotatable bonds is 0. The van der Waals surface area contributed by atoms with E-state index in [9.17, 15) is 4.79 Å². The summed E-state index contributed by atoms with van der Waals surface area (Å²) in [6.07, 6.45) is 0. The lowest BCUT2D eigenvalue weighted by Crippen LogP contribution is -2.15. The van der Waals surface area contributed by atoms with Crippen LogP contribution in [-0.4, -0.2) is 9.97 Å². The van der Waals surface area contributed by atoms with Crippen LogP contribution in [0.2, 0.25) is 0 Å². The third-order valence-corrected chi connectivity index (χ3v) is 1.83. The van der Waals surface area contributed by atoms with E-state index in [0.29, 0.717) is 10.3 Å². The molecule has 0 fully saturated rings. The van der Waals surface area contributed by atoms with Crippen molar-refractivity contribution in [2.75, 3.05) is 5.73 Å². The van der Waals surface area contributed by atoms with Crippen molar-refractivity contribution < 1.29 is 0 Å². The molecule has 0 aromatic carbocycles. The molecule has 0 bridgehead atoms. The molecule has 5 heteroatoms. The summed E-state index contributed by atoms with van der Waals surface area (Å²) >= 11 is 3.12. The van der Waals surface area contributed by atoms with Crippen molar-refractivity contribution in [1.29, 1.82) is 0 Å². The summed E-state index contributed by atoms with van der Waals surface area (Å²) in [5.41, 5.74) is 5.54. The van der Waals surface area contributed by atoms with Gasteiger partial charge < -0.3 is 10.7 Å². The van der Waals surface area contributed by atoms with Gasteiger partial charge in [0.2, 0.25) is 0 Å². The van der Waals surface area contributed by atoms with E-state index in [-0.39, 0.29) is 11.4 Å². The molecule has 0 saturated heterocycles. The van der Waals surface area contributed by atoms with Crippen LogP contribution in [0.5, 0.6) is 0 Å². The summed E-state index contributed by atoms with van der Waals surface area (Å²) < 4.78 is 0.574. The summed E-state index contributed by atoms with van der Waals surface area (Å²) in [7, 11) is 0. The Balaban J connectivity index is 3.43. The van der Waals surface area contributed by atoms with E-state index < -0.39 is 0 Å². The fourth-order valence-electron chi connectivity index (χ4n) is 0.526. The van der Waals surface area contributed by atoms with Crippen LogP contribution in [-0.2, 0) is 0 Å². The summed E-state index contributed by atoms with van der Waals surface area (Å²) in [6.45, 7) is 1.73. The van der Waals surface area contributed by atoms with E-state index in [0.717, 1.165) is 0 Å². The Labute approximate surface area is 65.6 Å². The van der Waals surface area contributed by atoms with Gasteiger partial charge in [0.15, 0.2) is 5.82 Å². The van der Waals surface area contributed by atoms with E-state index in [1.54, 1.807) is 6.92 Å². The largest absolute Gasteiger partial charge is 0.379 e. The molecule has 0 saturated carbocycles. The Morgan fingerprint density at radius 3 is 2.80 bits per heavy atom. The topological polar surface area (TPSA) is 71.8 Å². The van der Waals surface area contributed by atoms with E-state index in [4.69, 9.17) is 5.73 Å². The number of hydrogen-bond acceptors (Lipinski definition) is 3. The molecule has 3 N–H and O–H groups in total. The molecule has 0 aliphatic rings. The number of nitrogens with one attached hydrogen (secondary N) is 1. The van der Waals surface area contributed by atoms with Gasteiger partial charge in [0.05, 0.1) is 0 Å². The number of anilines is 1. The lowest BCUT2D eigenvalue weighted by atomic mass is 10.5. The Kier molecular flexibility index (Phi) is 1.76. The van der Waals surface area contributed by atoms with Gasteiger partial charge in [-0.05, 0) is 22.9 Å². The van der Waals surface area contributed by atoms with Gasteiger partial charge >= 0.3 is 0 Å². The standard InChI is InChI=1S/C5H6BrN3O/c1-2-3(6)9-4(7)5(10)8-2/h1H3,(H2,7,9)(H,8,10). The van der Waals surface area contributed by atoms with Crippen LogP contribution in [0.3, 0.4) is 0 Å². The average Bonchev–Trinajstić information content (AvgIpc) is 1.84. The molecule has 1 heterocycles. The highest BCUT2D eigenvalue weighted by Gasteiger charge is 1.99. The van der Waals surface area contributed by atoms with Gasteiger partial charge in [0.25, 0.3) is 5.56 Å². The van der Waals surface area contributed by atoms with Crippen LogP contribution in [0.4, 0.5) is 5.82 Å². The number of nitrogens with zero attached hydrogens (tertiary/aromatic N) is 1. The van der Waals surface area contributed by atoms with E-state index in [1.165, 1.54) is 0 Å². The van der Waals surface area contributed by atoms with Crippen LogP contribution in [0.1, 0.15) is 5.69 Å². The maximum atomic E-state index is 10.7. The molecule has 10 heavy (non-hydrogen) atoms. The second kappa shape index (κ2) is 2.42. The van der Waals surface area contributed by atoms with Crippen molar-refractivity contribution in [2.24, 2.45) is 0 Å². The molecule has 1 rings (SSSR count). The first-order valence-electron chi connectivity index (χ1n) is 2.63. The van der Waals surface area contributed by atoms with Crippen LogP contribution >= 0.6 is 15.9 Å². The van der Waals surface area contributed by atoms with Gasteiger partial charge in [0, 0.05) is 5.69 Å². The van der Waals surface area contributed by atoms with Crippen LogP contribution in [0, 0.1) is 6.92 Å². The summed E-state index contributed by atoms with van der Waals surface area (Å²) in [4.78, 5) is 17.0. The zero-order chi connectivity index (χ0) is 7.72. The summed E-state index contributed by atoms with van der Waals surface area (Å²) in [5, 5.41) is 0. The number of aryl methyl sites for hydroxylation is 1. The Morgan fingerprint density at radius 2 is 2.30 bits per heavy atom. The van der Waals surface area contributed by atoms with Gasteiger partial charge in [-0.25, -0.2) is 4.98 Å². The molecule has 0 radical (unpaired) electrons. The SMILES string of the molecule is Cc1[nH]c(=O)c(N)nc1Br. The molecule has 54 valence electrons. The first-order valence-corrected chi connectivity index (χ1v) is 3.42. The average molecular weight is 204 g/mol. The Hall–Kier alpha value is -0.840. The van der Waals surface area contributed by atoms with E-state index in [1.807, 2.05) is 0 Å². The fourth-order valence-corrected chi connectivity index (χ4v) is 0.816. The first-order chi connectivity index (χ1) is 4.61. The van der Waals surface area contributed by atoms with Gasteiger partial charge in [-0.2, -0.15) is 0 Å². The minimum absolute atomic E-state index is 0.0162. The van der Waals surface area contributed by atoms with Crippen molar-refractivity contribution >= 4 is 21.7 Å². The molecule has 0 aliphatic heterocycles. The number of aromatic amines is 1. The second-order valence-corrected chi connectivity index (χ2v) is 2.62. The predicted octanol–water partition coefficient (Wildman–Crippen LogP) is 0.423. The molecule has 1 aromatic rings. The van der Waals surface area contributed by atoms with Gasteiger partial charge in [-0.1, -0.05) is 0 Å². The molecular formula is C5H6BrN3O. The summed E-state index contributed by atoms with van der Waals surface area (Å²) in [5.74, 6) is -0.0162. The normalized spacial score (nSPS) is 9.80. The highest BCUT2D eigenvalue weighted by atomic mass is 79.9. The van der Waals surface area contributed by atoms with Crippen molar-refractivity contribution in [3.05, 3.63) is 20.7 Å². The molecule has 0 spiro atoms. The Bertz CT molecular complexity index is 306. The number of hydrogen-bond donors (Lipinski definition) is 2. The zero-order valence-corrected chi connectivity index (χ0v) is 6.90. The first kappa shape index (κ1) is 7.27. The van der Waals surface area contributed by atoms with Crippen LogP contribution in [0.15, 0.2) is 9.40 Å². The van der Waals surface area contributed by atoms with E-state index in [2.05, 4.69) is 25.9 Å². The minimum Gasteiger partial charge on any atom is -0.379 e. The molecule has 0 aliphatic carbocycles. The number of halogens is 1. The number of nitrogen functional groups attached to an aromatic ring is 1. The zero-order valence-electron chi connectivity index (χ0n) is 5.31. The van der Waals surface area contributed by atoms with Gasteiger partial charge in [-0.15, -0.1) is 0 Å². The maximum Gasteiger partial charge on any atom is 0.290 e. The van der Waals surface area contributed by atoms with Gasteiger partial charge in [0.1, 0.15) is 4.60 Å². The highest BCUT2D eigenvalue weighted by molar-refractivity contribution is 9.10. The lowest BCUT2D eigenvalue weighted by Gasteiger charge is -1.95. The number of nitrogens with two attached hydrogens (primary N) is 1. The fraction of sp³-hybridized carbons (Fsp3) is 0.200. The van der Waals surface area contributed by atoms with Crippen LogP contribution in [0.25, 0.3) is 0 Å². The predicted molar refractivity (Wildman–Crippen MR) is 41.7 cm³/mol. The molecule has 1 aromatic heterocycles. The monoisotopic (exact) mass is 203 g/mol. The highest BCUT2D eigenvalue weighted by Crippen LogP contribution is 2.07. The molecule has 0 amide bonds. The van der Waals surface area contributed by atoms with Crippen LogP contribution < -0.4 is 11.3 Å². The van der Waals surface area contributed by atoms with Crippen molar-refractivity contribution in [1.82, 2.24) is 9.97 Å². The molecule has 4 nitrogen and oxygen atoms in total. The Morgan fingerprint density at radius 1 is 1.70 bits per heavy atom. The van der Waals surface area contributed by atoms with Crippen molar-refractivity contribution in [3.63, 3.8) is 0 Å². The minimum atomic E-state index is -0.347. The van der Waals surface area contributed by atoms with E-state index >= 15 is 0 Å². The van der Waals surface area contributed by atoms with Gasteiger partial charge in [-0.3, -0.25) is 4.79 Å². The molecule has 0 unspecified atom stereocenters. The molecular weight excluding hydrogens is 198 g/mol. The molecule has 0 atom stereocenters.